The van der Waals surface area contributed by atoms with Gasteiger partial charge in [0.1, 0.15) is 5.69 Å². The van der Waals surface area contributed by atoms with E-state index in [0.717, 1.165) is 0 Å². The molecule has 0 saturated heterocycles. The number of alkyl halides is 3. The number of pyridine rings is 1. The van der Waals surface area contributed by atoms with Gasteiger partial charge in [-0.15, -0.1) is 0 Å². The predicted molar refractivity (Wildman–Crippen MR) is 65.5 cm³/mol. The van der Waals surface area contributed by atoms with Gasteiger partial charge in [0.05, 0.1) is 16.2 Å². The van der Waals surface area contributed by atoms with Gasteiger partial charge in [-0.05, 0) is 6.07 Å². The van der Waals surface area contributed by atoms with Crippen LogP contribution in [0.1, 0.15) is 5.56 Å². The first-order chi connectivity index (χ1) is 11.0. The molecule has 1 aromatic heterocycles. The van der Waals surface area contributed by atoms with E-state index >= 15 is 0 Å². The highest BCUT2D eigenvalue weighted by molar-refractivity contribution is 5.66. The molecule has 2 rings (SSSR count). The lowest BCUT2D eigenvalue weighted by Crippen LogP contribution is -2.12. The summed E-state index contributed by atoms with van der Waals surface area (Å²) < 4.78 is 91.7. The van der Waals surface area contributed by atoms with E-state index in [1.807, 2.05) is 0 Å². The zero-order valence-corrected chi connectivity index (χ0v) is 11.1. The van der Waals surface area contributed by atoms with Gasteiger partial charge in [-0.3, -0.25) is 10.1 Å². The first kappa shape index (κ1) is 17.4. The molecule has 0 fully saturated rings. The van der Waals surface area contributed by atoms with Gasteiger partial charge in [-0.25, -0.2) is 0 Å². The second-order valence-electron chi connectivity index (χ2n) is 4.31. The fourth-order valence-corrected chi connectivity index (χ4v) is 1.72. The van der Waals surface area contributed by atoms with Crippen LogP contribution in [0.15, 0.2) is 18.2 Å². The Morgan fingerprint density at radius 1 is 1.04 bits per heavy atom. The Bertz CT molecular complexity index is 797. The predicted octanol–water partition coefficient (Wildman–Crippen LogP) is 4.31. The van der Waals surface area contributed by atoms with Gasteiger partial charge in [-0.1, -0.05) is 0 Å². The maximum atomic E-state index is 13.5. The van der Waals surface area contributed by atoms with Crippen molar-refractivity contribution < 1.29 is 35.7 Å². The summed E-state index contributed by atoms with van der Waals surface area (Å²) in [4.78, 5) is 11.7. The number of rotatable bonds is 3. The fraction of sp³-hybridized carbons (Fsp3) is 0.0833. The fourth-order valence-electron chi connectivity index (χ4n) is 1.72. The monoisotopic (exact) mass is 355 g/mol. The zero-order chi connectivity index (χ0) is 18.2. The SMILES string of the molecule is O=[N+]([O-])c1ccc(Nc2c(F)c(F)nc(F)c2F)c(C(F)(F)F)c1. The number of nitro benzene ring substituents is 1. The molecule has 12 heteroatoms. The second kappa shape index (κ2) is 5.94. The molecule has 0 spiro atoms. The van der Waals surface area contributed by atoms with E-state index < -0.39 is 57.3 Å². The van der Waals surface area contributed by atoms with Crippen LogP contribution in [0.3, 0.4) is 0 Å². The molecule has 24 heavy (non-hydrogen) atoms. The highest BCUT2D eigenvalue weighted by Gasteiger charge is 2.36. The van der Waals surface area contributed by atoms with Gasteiger partial charge >= 0.3 is 6.18 Å². The number of anilines is 2. The molecule has 0 aliphatic heterocycles. The molecule has 1 aromatic carbocycles. The van der Waals surface area contributed by atoms with Crippen LogP contribution in [0.5, 0.6) is 0 Å². The summed E-state index contributed by atoms with van der Waals surface area (Å²) in [6.07, 6.45) is -5.15. The number of benzene rings is 1. The Labute approximate surface area is 127 Å². The maximum Gasteiger partial charge on any atom is 0.418 e. The smallest absolute Gasteiger partial charge is 0.350 e. The van der Waals surface area contributed by atoms with Crippen molar-refractivity contribution in [3.8, 4) is 0 Å². The van der Waals surface area contributed by atoms with Crippen LogP contribution in [0.2, 0.25) is 0 Å². The second-order valence-corrected chi connectivity index (χ2v) is 4.31. The lowest BCUT2D eigenvalue weighted by atomic mass is 10.1. The average Bonchev–Trinajstić information content (AvgIpc) is 2.48. The molecule has 0 atom stereocenters. The number of nitrogens with zero attached hydrogens (tertiary/aromatic N) is 2. The first-order valence-corrected chi connectivity index (χ1v) is 5.85. The number of hydrogen-bond acceptors (Lipinski definition) is 4. The number of nitrogens with one attached hydrogen (secondary N) is 1. The molecule has 1 N–H and O–H groups in total. The van der Waals surface area contributed by atoms with E-state index in [1.165, 1.54) is 0 Å². The molecule has 0 bridgehead atoms. The Balaban J connectivity index is 2.61. The van der Waals surface area contributed by atoms with Crippen LogP contribution in [0.4, 0.5) is 47.8 Å². The molecule has 2 aromatic rings. The number of aromatic nitrogens is 1. The molecule has 0 radical (unpaired) electrons. The summed E-state index contributed by atoms with van der Waals surface area (Å²) in [5.74, 6) is -8.26. The zero-order valence-electron chi connectivity index (χ0n) is 11.1. The minimum absolute atomic E-state index is 0.103. The summed E-state index contributed by atoms with van der Waals surface area (Å²) >= 11 is 0. The van der Waals surface area contributed by atoms with Crippen LogP contribution < -0.4 is 5.32 Å². The summed E-state index contributed by atoms with van der Waals surface area (Å²) in [5, 5.41) is 12.1. The normalized spacial score (nSPS) is 11.5. The van der Waals surface area contributed by atoms with E-state index in [1.54, 1.807) is 5.32 Å². The Morgan fingerprint density at radius 2 is 1.58 bits per heavy atom. The number of halogens is 7. The third-order valence-corrected chi connectivity index (χ3v) is 2.78. The molecule has 128 valence electrons. The molecular formula is C12H4F7N3O2. The quantitative estimate of drug-likeness (QED) is 0.386. The van der Waals surface area contributed by atoms with Crippen molar-refractivity contribution in [2.24, 2.45) is 0 Å². The van der Waals surface area contributed by atoms with Gasteiger partial charge < -0.3 is 5.32 Å². The highest BCUT2D eigenvalue weighted by Crippen LogP contribution is 2.39. The van der Waals surface area contributed by atoms with E-state index in [4.69, 9.17) is 0 Å². The maximum absolute atomic E-state index is 13.5. The number of non-ortho nitro benzene ring substituents is 1. The minimum atomic E-state index is -5.15. The third-order valence-electron chi connectivity index (χ3n) is 2.78. The van der Waals surface area contributed by atoms with Gasteiger partial charge in [0.15, 0.2) is 0 Å². The third kappa shape index (κ3) is 3.21. The first-order valence-electron chi connectivity index (χ1n) is 5.85. The molecule has 0 amide bonds. The van der Waals surface area contributed by atoms with Crippen molar-refractivity contribution in [1.82, 2.24) is 4.98 Å². The molecule has 0 aliphatic carbocycles. The van der Waals surface area contributed by atoms with Gasteiger partial charge in [-0.2, -0.15) is 35.7 Å². The van der Waals surface area contributed by atoms with Crippen LogP contribution in [-0.2, 0) is 6.18 Å². The average molecular weight is 355 g/mol. The van der Waals surface area contributed by atoms with Crippen LogP contribution in [-0.4, -0.2) is 9.91 Å². The molecule has 1 heterocycles. The van der Waals surface area contributed by atoms with Crippen molar-refractivity contribution in [3.05, 3.63) is 57.4 Å². The lowest BCUT2D eigenvalue weighted by molar-refractivity contribution is -0.385. The minimum Gasteiger partial charge on any atom is -0.350 e. The van der Waals surface area contributed by atoms with Crippen LogP contribution in [0.25, 0.3) is 0 Å². The van der Waals surface area contributed by atoms with Crippen LogP contribution >= 0.6 is 0 Å². The molecule has 0 unspecified atom stereocenters. The van der Waals surface area contributed by atoms with Gasteiger partial charge in [0, 0.05) is 12.1 Å². The van der Waals surface area contributed by atoms with E-state index in [2.05, 4.69) is 4.98 Å². The van der Waals surface area contributed by atoms with Gasteiger partial charge in [0.2, 0.25) is 11.6 Å². The van der Waals surface area contributed by atoms with E-state index in [9.17, 15) is 40.8 Å². The standard InChI is InChI=1S/C12H4F7N3O2/c13-7-9(8(14)11(16)21-10(7)15)20-6-2-1-4(22(23)24)3-5(6)12(17,18)19/h1-3H,(H,20,21). The lowest BCUT2D eigenvalue weighted by Gasteiger charge is -2.15. The number of hydrogen-bond donors (Lipinski definition) is 1. The number of nitro groups is 1. The topological polar surface area (TPSA) is 68.1 Å². The molecule has 0 aliphatic rings. The van der Waals surface area contributed by atoms with E-state index in [-0.39, 0.29) is 6.07 Å². The largest absolute Gasteiger partial charge is 0.418 e. The summed E-state index contributed by atoms with van der Waals surface area (Å²) in [6, 6.07) is 1.21. The van der Waals surface area contributed by atoms with Crippen molar-refractivity contribution >= 4 is 17.1 Å². The molecular weight excluding hydrogens is 351 g/mol. The van der Waals surface area contributed by atoms with Crippen molar-refractivity contribution in [2.75, 3.05) is 5.32 Å². The van der Waals surface area contributed by atoms with Crippen molar-refractivity contribution in [2.45, 2.75) is 6.18 Å². The summed E-state index contributed by atoms with van der Waals surface area (Å²) in [6.45, 7) is 0. The van der Waals surface area contributed by atoms with Crippen LogP contribution in [0, 0.1) is 33.6 Å². The molecule has 5 nitrogen and oxygen atoms in total. The summed E-state index contributed by atoms with van der Waals surface area (Å²) in [5.41, 5.74) is -5.20. The van der Waals surface area contributed by atoms with Crippen molar-refractivity contribution in [3.63, 3.8) is 0 Å². The molecule has 0 saturated carbocycles. The van der Waals surface area contributed by atoms with Crippen molar-refractivity contribution in [1.29, 1.82) is 0 Å². The van der Waals surface area contributed by atoms with E-state index in [0.29, 0.717) is 12.1 Å². The Kier molecular flexibility index (Phi) is 4.32. The Morgan fingerprint density at radius 3 is 2.04 bits per heavy atom. The highest BCUT2D eigenvalue weighted by atomic mass is 19.4. The Hall–Kier alpha value is -2.92. The van der Waals surface area contributed by atoms with Gasteiger partial charge in [0.25, 0.3) is 17.6 Å². The summed E-state index contributed by atoms with van der Waals surface area (Å²) in [7, 11) is 0.